The summed E-state index contributed by atoms with van der Waals surface area (Å²) in [7, 11) is 1.56. The van der Waals surface area contributed by atoms with Crippen molar-refractivity contribution in [1.29, 1.82) is 5.26 Å². The van der Waals surface area contributed by atoms with Crippen LogP contribution in [0.15, 0.2) is 4.99 Å². The average molecular weight is 68.1 g/mol. The summed E-state index contributed by atoms with van der Waals surface area (Å²) in [5, 5.41) is 7.67. The van der Waals surface area contributed by atoms with Crippen LogP contribution in [0.4, 0.5) is 0 Å². The van der Waals surface area contributed by atoms with Crippen LogP contribution in [0.1, 0.15) is 0 Å². The fourth-order valence-electron chi connectivity index (χ4n) is 0.0577. The SMILES string of the molecule is CN=CC#N. The van der Waals surface area contributed by atoms with E-state index in [1.165, 1.54) is 6.21 Å². The molecule has 0 rings (SSSR count). The zero-order valence-electron chi connectivity index (χ0n) is 2.97. The molecular formula is C3H4N2. The quantitative estimate of drug-likeness (QED) is 0.374. The molecule has 0 N–H and O–H groups in total. The van der Waals surface area contributed by atoms with Gasteiger partial charge in [0.25, 0.3) is 0 Å². The average Bonchev–Trinajstić information content (AvgIpc) is 1.41. The second-order valence-electron chi connectivity index (χ2n) is 0.516. The van der Waals surface area contributed by atoms with Gasteiger partial charge in [-0.05, 0) is 0 Å². The van der Waals surface area contributed by atoms with E-state index in [1.54, 1.807) is 13.1 Å². The maximum Gasteiger partial charge on any atom is 0.111 e. The second-order valence-corrected chi connectivity index (χ2v) is 0.516. The van der Waals surface area contributed by atoms with Crippen LogP contribution >= 0.6 is 0 Å². The third-order valence-electron chi connectivity index (χ3n) is 0.187. The summed E-state index contributed by atoms with van der Waals surface area (Å²) < 4.78 is 0. The summed E-state index contributed by atoms with van der Waals surface area (Å²) in [5.74, 6) is 0. The molecule has 26 valence electrons. The Balaban J connectivity index is 3.04. The Hall–Kier alpha value is -0.840. The summed E-state index contributed by atoms with van der Waals surface area (Å²) >= 11 is 0. The fourth-order valence-corrected chi connectivity index (χ4v) is 0.0577. The number of aliphatic imine (C=N–C) groups is 1. The van der Waals surface area contributed by atoms with Gasteiger partial charge in [-0.1, -0.05) is 0 Å². The molecular weight excluding hydrogens is 64.0 g/mol. The minimum Gasteiger partial charge on any atom is -0.285 e. The first-order valence-electron chi connectivity index (χ1n) is 1.22. The summed E-state index contributed by atoms with van der Waals surface area (Å²) in [6.45, 7) is 0. The summed E-state index contributed by atoms with van der Waals surface area (Å²) in [6.07, 6.45) is 1.18. The van der Waals surface area contributed by atoms with E-state index in [0.29, 0.717) is 0 Å². The van der Waals surface area contributed by atoms with Crippen molar-refractivity contribution in [2.24, 2.45) is 4.99 Å². The largest absolute Gasteiger partial charge is 0.285 e. The van der Waals surface area contributed by atoms with E-state index in [2.05, 4.69) is 4.99 Å². The van der Waals surface area contributed by atoms with Crippen LogP contribution in [0.3, 0.4) is 0 Å². The lowest BCUT2D eigenvalue weighted by Gasteiger charge is -1.51. The van der Waals surface area contributed by atoms with Crippen molar-refractivity contribution in [2.45, 2.75) is 0 Å². The van der Waals surface area contributed by atoms with Crippen molar-refractivity contribution in [3.05, 3.63) is 0 Å². The van der Waals surface area contributed by atoms with Gasteiger partial charge in [0.05, 0.1) is 6.21 Å². The lowest BCUT2D eigenvalue weighted by atomic mass is 10.8. The van der Waals surface area contributed by atoms with Gasteiger partial charge in [-0.2, -0.15) is 5.26 Å². The molecule has 0 radical (unpaired) electrons. The predicted molar refractivity (Wildman–Crippen MR) is 20.0 cm³/mol. The Morgan fingerprint density at radius 3 is 2.60 bits per heavy atom. The zero-order chi connectivity index (χ0) is 4.12. The fraction of sp³-hybridized carbons (Fsp3) is 0.333. The van der Waals surface area contributed by atoms with Gasteiger partial charge in [-0.15, -0.1) is 0 Å². The molecule has 0 saturated carbocycles. The van der Waals surface area contributed by atoms with E-state index in [0.717, 1.165) is 0 Å². The van der Waals surface area contributed by atoms with Gasteiger partial charge < -0.3 is 0 Å². The van der Waals surface area contributed by atoms with Crippen LogP contribution in [0.25, 0.3) is 0 Å². The molecule has 2 heteroatoms. The lowest BCUT2D eigenvalue weighted by molar-refractivity contribution is 1.46. The second kappa shape index (κ2) is 3.16. The van der Waals surface area contributed by atoms with Crippen LogP contribution < -0.4 is 0 Å². The third kappa shape index (κ3) is 3.16. The van der Waals surface area contributed by atoms with Crippen molar-refractivity contribution in [3.8, 4) is 6.07 Å². The molecule has 0 saturated heterocycles. The molecule has 0 amide bonds. The number of rotatable bonds is 0. The van der Waals surface area contributed by atoms with Crippen molar-refractivity contribution in [3.63, 3.8) is 0 Å². The minimum absolute atomic E-state index is 1.18. The van der Waals surface area contributed by atoms with Crippen molar-refractivity contribution in [2.75, 3.05) is 7.05 Å². The molecule has 0 atom stereocenters. The van der Waals surface area contributed by atoms with E-state index in [-0.39, 0.29) is 0 Å². The molecule has 0 aliphatic carbocycles. The number of nitriles is 1. The molecule has 0 aliphatic rings. The van der Waals surface area contributed by atoms with Crippen molar-refractivity contribution < 1.29 is 0 Å². The van der Waals surface area contributed by atoms with Gasteiger partial charge >= 0.3 is 0 Å². The predicted octanol–water partition coefficient (Wildman–Crippen LogP) is 0.211. The Morgan fingerprint density at radius 1 is 2.00 bits per heavy atom. The highest BCUT2D eigenvalue weighted by atomic mass is 14.6. The van der Waals surface area contributed by atoms with E-state index >= 15 is 0 Å². The maximum atomic E-state index is 7.67. The monoisotopic (exact) mass is 68.0 g/mol. The van der Waals surface area contributed by atoms with Crippen molar-refractivity contribution >= 4 is 6.21 Å². The summed E-state index contributed by atoms with van der Waals surface area (Å²) in [6, 6.07) is 1.73. The Morgan fingerprint density at radius 2 is 2.60 bits per heavy atom. The molecule has 5 heavy (non-hydrogen) atoms. The van der Waals surface area contributed by atoms with Crippen LogP contribution in [-0.4, -0.2) is 13.3 Å². The maximum absolute atomic E-state index is 7.67. The highest BCUT2D eigenvalue weighted by Gasteiger charge is 1.46. The molecule has 0 bridgehead atoms. The van der Waals surface area contributed by atoms with Gasteiger partial charge in [0.1, 0.15) is 6.07 Å². The molecule has 0 aromatic rings. The Bertz CT molecular complexity index is 67.5. The van der Waals surface area contributed by atoms with Gasteiger partial charge in [-0.3, -0.25) is 4.99 Å². The van der Waals surface area contributed by atoms with Gasteiger partial charge in [0.2, 0.25) is 0 Å². The van der Waals surface area contributed by atoms with Gasteiger partial charge in [0, 0.05) is 7.05 Å². The zero-order valence-corrected chi connectivity index (χ0v) is 2.97. The molecule has 0 aromatic heterocycles. The van der Waals surface area contributed by atoms with Crippen LogP contribution in [0, 0.1) is 11.3 Å². The molecule has 2 nitrogen and oxygen atoms in total. The summed E-state index contributed by atoms with van der Waals surface area (Å²) in [5.41, 5.74) is 0. The number of nitrogens with zero attached hydrogens (tertiary/aromatic N) is 2. The first kappa shape index (κ1) is 4.16. The first-order chi connectivity index (χ1) is 2.41. The van der Waals surface area contributed by atoms with Crippen LogP contribution in [0.2, 0.25) is 0 Å². The molecule has 0 unspecified atom stereocenters. The standard InChI is InChI=1S/C3H4N2/c1-5-3-2-4/h3H,1H3. The van der Waals surface area contributed by atoms with Crippen LogP contribution in [-0.2, 0) is 0 Å². The van der Waals surface area contributed by atoms with E-state index in [9.17, 15) is 0 Å². The minimum atomic E-state index is 1.18. The highest BCUT2D eigenvalue weighted by molar-refractivity contribution is 5.74. The smallest absolute Gasteiger partial charge is 0.111 e. The third-order valence-corrected chi connectivity index (χ3v) is 0.187. The number of hydrogen-bond donors (Lipinski definition) is 0. The topological polar surface area (TPSA) is 36.1 Å². The molecule has 0 aromatic carbocycles. The molecule has 0 fully saturated rings. The van der Waals surface area contributed by atoms with Crippen LogP contribution in [0.5, 0.6) is 0 Å². The highest BCUT2D eigenvalue weighted by Crippen LogP contribution is 1.41. The van der Waals surface area contributed by atoms with E-state index < -0.39 is 0 Å². The van der Waals surface area contributed by atoms with E-state index in [4.69, 9.17) is 5.26 Å². The molecule has 0 heterocycles. The van der Waals surface area contributed by atoms with Gasteiger partial charge in [0.15, 0.2) is 0 Å². The van der Waals surface area contributed by atoms with Gasteiger partial charge in [-0.25, -0.2) is 0 Å². The van der Waals surface area contributed by atoms with E-state index in [1.807, 2.05) is 0 Å². The lowest BCUT2D eigenvalue weighted by Crippen LogP contribution is -1.54. The Kier molecular flexibility index (Phi) is 2.63. The number of hydrogen-bond acceptors (Lipinski definition) is 2. The molecule has 0 aliphatic heterocycles. The first-order valence-corrected chi connectivity index (χ1v) is 1.22. The normalized spacial score (nSPS) is 8.00. The molecule has 0 spiro atoms. The Labute approximate surface area is 30.8 Å². The summed E-state index contributed by atoms with van der Waals surface area (Å²) in [4.78, 5) is 3.37. The van der Waals surface area contributed by atoms with Crippen molar-refractivity contribution in [1.82, 2.24) is 0 Å².